The van der Waals surface area contributed by atoms with Crippen molar-refractivity contribution in [3.05, 3.63) is 101 Å². The molecule has 0 atom stereocenters. The highest BCUT2D eigenvalue weighted by Gasteiger charge is 2.20. The molecule has 5 rings (SSSR count). The number of hydrogen-bond acceptors (Lipinski definition) is 4. The molecule has 0 radical (unpaired) electrons. The molecule has 3 aromatic carbocycles. The molecule has 2 heterocycles. The summed E-state index contributed by atoms with van der Waals surface area (Å²) in [6.45, 7) is 2.28. The molecule has 2 aromatic heterocycles. The van der Waals surface area contributed by atoms with Crippen LogP contribution in [0.15, 0.2) is 78.9 Å². The SMILES string of the molecule is COc1ccc(-c2[nH]nc3nc(-c4ccc(C)cc4)cc(C(=O)NCc4ccc(F)cc4)c23)cc1. The van der Waals surface area contributed by atoms with Crippen LogP contribution < -0.4 is 10.1 Å². The van der Waals surface area contributed by atoms with Gasteiger partial charge in [0.15, 0.2) is 5.65 Å². The lowest BCUT2D eigenvalue weighted by molar-refractivity contribution is 0.0952. The zero-order valence-corrected chi connectivity index (χ0v) is 19.3. The highest BCUT2D eigenvalue weighted by atomic mass is 19.1. The van der Waals surface area contributed by atoms with E-state index in [9.17, 15) is 9.18 Å². The largest absolute Gasteiger partial charge is 0.497 e. The second-order valence-electron chi connectivity index (χ2n) is 8.26. The van der Waals surface area contributed by atoms with Crippen LogP contribution in [0, 0.1) is 12.7 Å². The van der Waals surface area contributed by atoms with Crippen LogP contribution >= 0.6 is 0 Å². The number of nitrogens with one attached hydrogen (secondary N) is 2. The molecule has 174 valence electrons. The Morgan fingerprint density at radius 2 is 1.66 bits per heavy atom. The number of aromatic nitrogens is 3. The summed E-state index contributed by atoms with van der Waals surface area (Å²) in [6.07, 6.45) is 0. The summed E-state index contributed by atoms with van der Waals surface area (Å²) < 4.78 is 18.5. The van der Waals surface area contributed by atoms with Gasteiger partial charge >= 0.3 is 0 Å². The number of aromatic amines is 1. The van der Waals surface area contributed by atoms with Gasteiger partial charge in [-0.2, -0.15) is 5.10 Å². The lowest BCUT2D eigenvalue weighted by Gasteiger charge is -2.10. The van der Waals surface area contributed by atoms with Crippen molar-refractivity contribution in [1.29, 1.82) is 0 Å². The van der Waals surface area contributed by atoms with Crippen molar-refractivity contribution in [1.82, 2.24) is 20.5 Å². The number of amides is 1. The van der Waals surface area contributed by atoms with E-state index in [0.29, 0.717) is 28.0 Å². The van der Waals surface area contributed by atoms with Crippen LogP contribution in [0.2, 0.25) is 0 Å². The Morgan fingerprint density at radius 1 is 0.971 bits per heavy atom. The topological polar surface area (TPSA) is 79.9 Å². The van der Waals surface area contributed by atoms with Crippen molar-refractivity contribution in [3.8, 4) is 28.3 Å². The Balaban J connectivity index is 1.59. The minimum atomic E-state index is -0.318. The molecule has 2 N–H and O–H groups in total. The molecule has 35 heavy (non-hydrogen) atoms. The first kappa shape index (κ1) is 22.3. The minimum Gasteiger partial charge on any atom is -0.497 e. The van der Waals surface area contributed by atoms with E-state index < -0.39 is 0 Å². The lowest BCUT2D eigenvalue weighted by Crippen LogP contribution is -2.23. The van der Waals surface area contributed by atoms with Crippen LogP contribution in [0.4, 0.5) is 4.39 Å². The maximum atomic E-state index is 13.4. The highest BCUT2D eigenvalue weighted by Crippen LogP contribution is 2.32. The van der Waals surface area contributed by atoms with Crippen molar-refractivity contribution in [3.63, 3.8) is 0 Å². The summed E-state index contributed by atoms with van der Waals surface area (Å²) in [5.41, 5.74) is 5.91. The Kier molecular flexibility index (Phi) is 5.97. The van der Waals surface area contributed by atoms with Gasteiger partial charge in [0, 0.05) is 17.7 Å². The van der Waals surface area contributed by atoms with E-state index in [1.165, 1.54) is 12.1 Å². The van der Waals surface area contributed by atoms with Crippen molar-refractivity contribution in [2.24, 2.45) is 0 Å². The molecule has 0 fully saturated rings. The fourth-order valence-corrected chi connectivity index (χ4v) is 3.92. The number of carbonyl (C=O) groups is 1. The van der Waals surface area contributed by atoms with Crippen molar-refractivity contribution in [2.75, 3.05) is 7.11 Å². The van der Waals surface area contributed by atoms with E-state index in [1.807, 2.05) is 55.5 Å². The third-order valence-electron chi connectivity index (χ3n) is 5.86. The van der Waals surface area contributed by atoms with Crippen molar-refractivity contribution >= 4 is 16.9 Å². The summed E-state index contributed by atoms with van der Waals surface area (Å²) in [7, 11) is 1.61. The summed E-state index contributed by atoms with van der Waals surface area (Å²) in [4.78, 5) is 18.2. The third-order valence-corrected chi connectivity index (χ3v) is 5.86. The first-order valence-electron chi connectivity index (χ1n) is 11.1. The number of fused-ring (bicyclic) bond motifs is 1. The predicted octanol–water partition coefficient (Wildman–Crippen LogP) is 5.68. The number of rotatable bonds is 6. The van der Waals surface area contributed by atoms with Gasteiger partial charge in [0.25, 0.3) is 5.91 Å². The monoisotopic (exact) mass is 466 g/mol. The van der Waals surface area contributed by atoms with E-state index in [2.05, 4.69) is 15.5 Å². The van der Waals surface area contributed by atoms with Crippen molar-refractivity contribution in [2.45, 2.75) is 13.5 Å². The molecule has 0 aliphatic rings. The predicted molar refractivity (Wildman–Crippen MR) is 134 cm³/mol. The normalized spacial score (nSPS) is 10.9. The summed E-state index contributed by atoms with van der Waals surface area (Å²) >= 11 is 0. The maximum absolute atomic E-state index is 13.4. The molecule has 6 nitrogen and oxygen atoms in total. The summed E-state index contributed by atoms with van der Waals surface area (Å²) in [6, 6.07) is 23.3. The smallest absolute Gasteiger partial charge is 0.252 e. The van der Waals surface area contributed by atoms with E-state index in [0.717, 1.165) is 28.0 Å². The Labute approximate surface area is 201 Å². The first-order chi connectivity index (χ1) is 17.0. The number of aryl methyl sites for hydroxylation is 1. The maximum Gasteiger partial charge on any atom is 0.252 e. The van der Waals surface area contributed by atoms with Crippen LogP contribution in [0.1, 0.15) is 21.5 Å². The number of hydrogen-bond donors (Lipinski definition) is 2. The van der Waals surface area contributed by atoms with Gasteiger partial charge in [-0.05, 0) is 55.0 Å². The molecule has 0 spiro atoms. The molecule has 0 saturated carbocycles. The van der Waals surface area contributed by atoms with Gasteiger partial charge in [0.2, 0.25) is 0 Å². The number of benzene rings is 3. The van der Waals surface area contributed by atoms with Crippen LogP contribution in [0.5, 0.6) is 5.75 Å². The van der Waals surface area contributed by atoms with Gasteiger partial charge in [-0.3, -0.25) is 9.89 Å². The lowest BCUT2D eigenvalue weighted by atomic mass is 10.0. The Morgan fingerprint density at radius 3 is 2.34 bits per heavy atom. The summed E-state index contributed by atoms with van der Waals surface area (Å²) in [5.74, 6) is 0.141. The average molecular weight is 467 g/mol. The minimum absolute atomic E-state index is 0.262. The van der Waals surface area contributed by atoms with Crippen LogP contribution in [-0.4, -0.2) is 28.2 Å². The average Bonchev–Trinajstić information content (AvgIpc) is 3.32. The fourth-order valence-electron chi connectivity index (χ4n) is 3.92. The molecule has 0 aliphatic carbocycles. The summed E-state index contributed by atoms with van der Waals surface area (Å²) in [5, 5.41) is 11.1. The third kappa shape index (κ3) is 4.61. The van der Waals surface area contributed by atoms with Gasteiger partial charge in [0.05, 0.1) is 29.4 Å². The quantitative estimate of drug-likeness (QED) is 0.338. The number of H-pyrrole nitrogens is 1. The Hall–Kier alpha value is -4.52. The van der Waals surface area contributed by atoms with E-state index >= 15 is 0 Å². The molecule has 1 amide bonds. The number of methoxy groups -OCH3 is 1. The van der Waals surface area contributed by atoms with Gasteiger partial charge < -0.3 is 10.1 Å². The second-order valence-corrected chi connectivity index (χ2v) is 8.26. The molecular weight excluding hydrogens is 443 g/mol. The molecule has 0 unspecified atom stereocenters. The van der Waals surface area contributed by atoms with E-state index in [4.69, 9.17) is 9.72 Å². The number of nitrogens with zero attached hydrogens (tertiary/aromatic N) is 2. The highest BCUT2D eigenvalue weighted by molar-refractivity contribution is 6.11. The van der Waals surface area contributed by atoms with Crippen LogP contribution in [-0.2, 0) is 6.54 Å². The number of halogens is 1. The Bertz CT molecular complexity index is 1490. The fraction of sp³-hybridized carbons (Fsp3) is 0.107. The first-order valence-corrected chi connectivity index (χ1v) is 11.1. The molecule has 0 aliphatic heterocycles. The van der Waals surface area contributed by atoms with Crippen molar-refractivity contribution < 1.29 is 13.9 Å². The number of pyridine rings is 1. The zero-order valence-electron chi connectivity index (χ0n) is 19.3. The standard InChI is InChI=1S/C28H23FN4O2/c1-17-3-7-19(8-4-17)24-15-23(28(34)30-16-18-5-11-21(29)12-6-18)25-26(32-33-27(25)31-24)20-9-13-22(35-2)14-10-20/h3-15H,16H2,1-2H3,(H,30,34)(H,31,32,33). The molecule has 0 saturated heterocycles. The molecule has 5 aromatic rings. The molecular formula is C28H23FN4O2. The zero-order chi connectivity index (χ0) is 24.4. The molecule has 7 heteroatoms. The molecule has 0 bridgehead atoms. The van der Waals surface area contributed by atoms with Gasteiger partial charge in [-0.1, -0.05) is 42.0 Å². The number of ether oxygens (including phenoxy) is 1. The van der Waals surface area contributed by atoms with Gasteiger partial charge in [0.1, 0.15) is 11.6 Å². The van der Waals surface area contributed by atoms with Gasteiger partial charge in [-0.15, -0.1) is 0 Å². The van der Waals surface area contributed by atoms with Crippen LogP contribution in [0.25, 0.3) is 33.5 Å². The van der Waals surface area contributed by atoms with E-state index in [1.54, 1.807) is 25.3 Å². The van der Waals surface area contributed by atoms with E-state index in [-0.39, 0.29) is 18.3 Å². The number of carbonyl (C=O) groups excluding carboxylic acids is 1. The van der Waals surface area contributed by atoms with Crippen LogP contribution in [0.3, 0.4) is 0 Å². The second kappa shape index (κ2) is 9.38. The van der Waals surface area contributed by atoms with Gasteiger partial charge in [-0.25, -0.2) is 9.37 Å².